The summed E-state index contributed by atoms with van der Waals surface area (Å²) in [5.74, 6) is -0.944. The first-order valence-corrected chi connectivity index (χ1v) is 7.28. The zero-order valence-corrected chi connectivity index (χ0v) is 15.9. The summed E-state index contributed by atoms with van der Waals surface area (Å²) in [5, 5.41) is 2.25. The van der Waals surface area contributed by atoms with Gasteiger partial charge in [-0.1, -0.05) is 23.7 Å². The molecule has 26 heavy (non-hydrogen) atoms. The average Bonchev–Trinajstić information content (AvgIpc) is 2.52. The number of guanidine groups is 1. The van der Waals surface area contributed by atoms with Crippen molar-refractivity contribution in [1.82, 2.24) is 15.3 Å². The van der Waals surface area contributed by atoms with E-state index >= 15 is 0 Å². The van der Waals surface area contributed by atoms with Gasteiger partial charge in [0.2, 0.25) is 0 Å². The Morgan fingerprint density at radius 2 is 1.69 bits per heavy atom. The Bertz CT molecular complexity index is 783. The van der Waals surface area contributed by atoms with Crippen molar-refractivity contribution < 1.29 is 4.79 Å². The zero-order valence-electron chi connectivity index (χ0n) is 13.5. The van der Waals surface area contributed by atoms with Crippen LogP contribution in [0.25, 0.3) is 0 Å². The number of hydrogen-bond acceptors (Lipinski definition) is 7. The predicted molar refractivity (Wildman–Crippen MR) is 109 cm³/mol. The molecule has 1 aromatic carbocycles. The molecular formula is C14H19Cl3N8O. The topological polar surface area (TPSA) is 171 Å². The summed E-state index contributed by atoms with van der Waals surface area (Å²) in [6.45, 7) is 0.389. The van der Waals surface area contributed by atoms with Gasteiger partial charge >= 0.3 is 0 Å². The minimum Gasteiger partial charge on any atom is -0.399 e. The van der Waals surface area contributed by atoms with Gasteiger partial charge in [0.05, 0.1) is 0 Å². The van der Waals surface area contributed by atoms with Crippen molar-refractivity contribution in [3.05, 3.63) is 40.7 Å². The summed E-state index contributed by atoms with van der Waals surface area (Å²) >= 11 is 5.72. The minimum atomic E-state index is -0.671. The fraction of sp³-hybridized carbons (Fsp3) is 0.143. The van der Waals surface area contributed by atoms with Crippen LogP contribution in [-0.2, 0) is 6.42 Å². The second-order valence-electron chi connectivity index (χ2n) is 4.85. The van der Waals surface area contributed by atoms with Gasteiger partial charge in [0.1, 0.15) is 0 Å². The number of aromatic nitrogens is 2. The molecule has 1 amide bonds. The lowest BCUT2D eigenvalue weighted by Crippen LogP contribution is -2.38. The highest BCUT2D eigenvalue weighted by molar-refractivity contribution is 6.31. The van der Waals surface area contributed by atoms with Gasteiger partial charge in [0.25, 0.3) is 5.91 Å². The predicted octanol–water partition coefficient (Wildman–Crippen LogP) is 1.01. The second kappa shape index (κ2) is 10.5. The van der Waals surface area contributed by atoms with E-state index in [9.17, 15) is 4.79 Å². The lowest BCUT2D eigenvalue weighted by Gasteiger charge is -2.07. The first-order chi connectivity index (χ1) is 11.4. The Hall–Kier alpha value is -2.49. The van der Waals surface area contributed by atoms with Crippen LogP contribution in [0.2, 0.25) is 5.15 Å². The third-order valence-electron chi connectivity index (χ3n) is 3.02. The molecule has 0 saturated carbocycles. The number of aliphatic imine (C=N–C) groups is 1. The van der Waals surface area contributed by atoms with Gasteiger partial charge in [-0.3, -0.25) is 15.1 Å². The first-order valence-electron chi connectivity index (χ1n) is 6.91. The number of hydrogen-bond donors (Lipinski definition) is 5. The first kappa shape index (κ1) is 23.5. The molecular weight excluding hydrogens is 403 g/mol. The third-order valence-corrected chi connectivity index (χ3v) is 3.30. The average molecular weight is 422 g/mol. The quantitative estimate of drug-likeness (QED) is 0.278. The maximum Gasteiger partial charge on any atom is 0.280 e. The van der Waals surface area contributed by atoms with Crippen LogP contribution in [0.15, 0.2) is 29.3 Å². The number of rotatable bonds is 4. The Kier molecular flexibility index (Phi) is 9.49. The molecule has 1 aromatic heterocycles. The molecule has 0 spiro atoms. The SMILES string of the molecule is Cl.Cl.NC(=NCCc1ccc(N)cc1)NC(=O)c1nc(Cl)c(N)nc1N. The second-order valence-corrected chi connectivity index (χ2v) is 5.20. The number of anilines is 3. The highest BCUT2D eigenvalue weighted by Crippen LogP contribution is 2.17. The molecule has 0 bridgehead atoms. The normalized spacial score (nSPS) is 10.4. The van der Waals surface area contributed by atoms with Crippen LogP contribution in [-0.4, -0.2) is 28.4 Å². The van der Waals surface area contributed by atoms with E-state index in [2.05, 4.69) is 20.3 Å². The van der Waals surface area contributed by atoms with Crippen LogP contribution in [0.3, 0.4) is 0 Å². The molecule has 12 heteroatoms. The number of carbonyl (C=O) groups excluding carboxylic acids is 1. The van der Waals surface area contributed by atoms with Gasteiger partial charge in [-0.2, -0.15) is 0 Å². The zero-order chi connectivity index (χ0) is 17.7. The molecule has 0 saturated heterocycles. The lowest BCUT2D eigenvalue weighted by atomic mass is 10.1. The van der Waals surface area contributed by atoms with Crippen molar-refractivity contribution in [2.24, 2.45) is 10.7 Å². The molecule has 1 heterocycles. The number of halogens is 3. The lowest BCUT2D eigenvalue weighted by molar-refractivity contribution is 0.0972. The van der Waals surface area contributed by atoms with Crippen molar-refractivity contribution in [1.29, 1.82) is 0 Å². The number of nitrogens with one attached hydrogen (secondary N) is 1. The van der Waals surface area contributed by atoms with Crippen LogP contribution in [0.1, 0.15) is 16.1 Å². The van der Waals surface area contributed by atoms with E-state index in [1.54, 1.807) is 12.1 Å². The fourth-order valence-electron chi connectivity index (χ4n) is 1.81. The summed E-state index contributed by atoms with van der Waals surface area (Å²) in [4.78, 5) is 23.6. The largest absolute Gasteiger partial charge is 0.399 e. The van der Waals surface area contributed by atoms with Gasteiger partial charge in [-0.25, -0.2) is 9.97 Å². The molecule has 142 valence electrons. The molecule has 2 rings (SSSR count). The monoisotopic (exact) mass is 420 g/mol. The van der Waals surface area contributed by atoms with Crippen LogP contribution in [0, 0.1) is 0 Å². The molecule has 0 fully saturated rings. The standard InChI is InChI=1S/C14H17ClN8O.2ClH/c15-10-12(18)22-11(17)9(21-10)13(24)23-14(19)20-6-5-7-1-3-8(16)4-2-7;;/h1-4H,5-6,16H2,(H4,17,18,22)(H3,19,20,23,24);2*1H. The van der Waals surface area contributed by atoms with Gasteiger partial charge in [0, 0.05) is 12.2 Å². The molecule has 0 atom stereocenters. The van der Waals surface area contributed by atoms with E-state index in [1.807, 2.05) is 12.1 Å². The van der Waals surface area contributed by atoms with E-state index in [4.69, 9.17) is 34.5 Å². The van der Waals surface area contributed by atoms with E-state index in [-0.39, 0.29) is 53.3 Å². The number of nitrogens with two attached hydrogens (primary N) is 4. The van der Waals surface area contributed by atoms with Crippen LogP contribution in [0.5, 0.6) is 0 Å². The Balaban J connectivity index is 0.00000312. The van der Waals surface area contributed by atoms with Crippen molar-refractivity contribution in [2.75, 3.05) is 23.7 Å². The maximum absolute atomic E-state index is 12.0. The fourth-order valence-corrected chi connectivity index (χ4v) is 1.94. The number of amides is 1. The van der Waals surface area contributed by atoms with E-state index in [1.165, 1.54) is 0 Å². The minimum absolute atomic E-state index is 0. The van der Waals surface area contributed by atoms with Crippen LogP contribution < -0.4 is 28.3 Å². The molecule has 0 radical (unpaired) electrons. The highest BCUT2D eigenvalue weighted by atomic mass is 35.5. The smallest absolute Gasteiger partial charge is 0.280 e. The van der Waals surface area contributed by atoms with Crippen LogP contribution in [0.4, 0.5) is 17.3 Å². The summed E-state index contributed by atoms with van der Waals surface area (Å²) in [5.41, 5.74) is 23.9. The van der Waals surface area contributed by atoms with Gasteiger partial charge in [-0.15, -0.1) is 24.8 Å². The van der Waals surface area contributed by atoms with Gasteiger partial charge in [-0.05, 0) is 24.1 Å². The van der Waals surface area contributed by atoms with Gasteiger partial charge < -0.3 is 22.9 Å². The van der Waals surface area contributed by atoms with E-state index in [0.29, 0.717) is 18.7 Å². The number of carbonyl (C=O) groups is 1. The maximum atomic E-state index is 12.0. The van der Waals surface area contributed by atoms with E-state index < -0.39 is 5.91 Å². The number of benzene rings is 1. The molecule has 0 aliphatic heterocycles. The molecule has 0 unspecified atom stereocenters. The Labute approximate surface area is 167 Å². The molecule has 9 N–H and O–H groups in total. The van der Waals surface area contributed by atoms with Crippen molar-refractivity contribution in [2.45, 2.75) is 6.42 Å². The van der Waals surface area contributed by atoms with Crippen molar-refractivity contribution in [3.8, 4) is 0 Å². The number of nitrogen functional groups attached to an aromatic ring is 3. The molecule has 9 nitrogen and oxygen atoms in total. The van der Waals surface area contributed by atoms with E-state index in [0.717, 1.165) is 5.56 Å². The molecule has 0 aliphatic rings. The summed E-state index contributed by atoms with van der Waals surface area (Å²) in [6.07, 6.45) is 0.645. The van der Waals surface area contributed by atoms with Gasteiger partial charge in [0.15, 0.2) is 28.4 Å². The van der Waals surface area contributed by atoms with Crippen molar-refractivity contribution in [3.63, 3.8) is 0 Å². The highest BCUT2D eigenvalue weighted by Gasteiger charge is 2.16. The number of nitrogens with zero attached hydrogens (tertiary/aromatic N) is 3. The molecule has 2 aromatic rings. The summed E-state index contributed by atoms with van der Waals surface area (Å²) in [7, 11) is 0. The molecule has 0 aliphatic carbocycles. The summed E-state index contributed by atoms with van der Waals surface area (Å²) < 4.78 is 0. The summed E-state index contributed by atoms with van der Waals surface area (Å²) in [6, 6.07) is 7.39. The Morgan fingerprint density at radius 1 is 1.08 bits per heavy atom. The third kappa shape index (κ3) is 6.43. The Morgan fingerprint density at radius 3 is 2.31 bits per heavy atom. The van der Waals surface area contributed by atoms with Crippen molar-refractivity contribution >= 4 is 65.6 Å². The van der Waals surface area contributed by atoms with Crippen LogP contribution >= 0.6 is 36.4 Å².